The number of hydrogen-bond acceptors (Lipinski definition) is 3. The summed E-state index contributed by atoms with van der Waals surface area (Å²) < 4.78 is 11.1. The van der Waals surface area contributed by atoms with Crippen LogP contribution in [0, 0.1) is 11.8 Å². The van der Waals surface area contributed by atoms with E-state index in [1.807, 2.05) is 0 Å². The van der Waals surface area contributed by atoms with Crippen LogP contribution < -0.4 is 0 Å². The van der Waals surface area contributed by atoms with Crippen molar-refractivity contribution in [1.82, 2.24) is 0 Å². The first-order valence-electron chi connectivity index (χ1n) is 8.00. The molecular formula is C16H27O3S+. The second kappa shape index (κ2) is 6.37. The van der Waals surface area contributed by atoms with Crippen molar-refractivity contribution in [3.05, 3.63) is 0 Å². The van der Waals surface area contributed by atoms with E-state index in [4.69, 9.17) is 9.47 Å². The number of rotatable bonds is 3. The molecule has 3 rings (SSSR count). The summed E-state index contributed by atoms with van der Waals surface area (Å²) in [4.78, 5) is 12.9. The molecule has 0 aromatic rings. The van der Waals surface area contributed by atoms with Gasteiger partial charge in [0, 0.05) is 26.6 Å². The highest BCUT2D eigenvalue weighted by Crippen LogP contribution is 2.43. The molecule has 5 unspecified atom stereocenters. The summed E-state index contributed by atoms with van der Waals surface area (Å²) in [5, 5.41) is 0.385. The molecule has 3 nitrogen and oxygen atoms in total. The highest BCUT2D eigenvalue weighted by molar-refractivity contribution is 7.98. The molecule has 5 atom stereocenters. The molecule has 0 aromatic heterocycles. The van der Waals surface area contributed by atoms with Crippen molar-refractivity contribution in [2.45, 2.75) is 56.0 Å². The molecule has 20 heavy (non-hydrogen) atoms. The molecule has 1 saturated heterocycles. The Bertz CT molecular complexity index is 354. The van der Waals surface area contributed by atoms with Crippen LogP contribution in [0.1, 0.15) is 38.5 Å². The molecule has 114 valence electrons. The smallest absolute Gasteiger partial charge is 0.188 e. The zero-order valence-electron chi connectivity index (χ0n) is 12.7. The van der Waals surface area contributed by atoms with Crippen molar-refractivity contribution in [2.24, 2.45) is 11.8 Å². The minimum absolute atomic E-state index is 0.107. The van der Waals surface area contributed by atoms with Crippen LogP contribution in [0.4, 0.5) is 0 Å². The van der Waals surface area contributed by atoms with Gasteiger partial charge in [-0.05, 0) is 48.9 Å². The molecule has 1 aliphatic heterocycles. The average Bonchev–Trinajstić information content (AvgIpc) is 3.00. The lowest BCUT2D eigenvalue weighted by atomic mass is 9.68. The van der Waals surface area contributed by atoms with Crippen LogP contribution >= 0.6 is 0 Å². The van der Waals surface area contributed by atoms with Gasteiger partial charge in [0.05, 0.1) is 12.2 Å². The van der Waals surface area contributed by atoms with Crippen molar-refractivity contribution in [3.8, 4) is 0 Å². The monoisotopic (exact) mass is 299 g/mol. The van der Waals surface area contributed by atoms with Crippen molar-refractivity contribution in [1.29, 1.82) is 0 Å². The Morgan fingerprint density at radius 1 is 1.00 bits per heavy atom. The Balaban J connectivity index is 1.70. The SMILES string of the molecule is COC1CC2CCC([S+]3CCCC3)C(=O)C2CC1OC. The summed E-state index contributed by atoms with van der Waals surface area (Å²) in [6.45, 7) is 0. The Hall–Kier alpha value is -0.0600. The Morgan fingerprint density at radius 3 is 2.30 bits per heavy atom. The maximum absolute atomic E-state index is 12.9. The molecule has 3 fully saturated rings. The van der Waals surface area contributed by atoms with Gasteiger partial charge in [0.2, 0.25) is 0 Å². The first-order valence-corrected chi connectivity index (χ1v) is 9.62. The van der Waals surface area contributed by atoms with E-state index in [0.717, 1.165) is 19.3 Å². The number of fused-ring (bicyclic) bond motifs is 1. The Morgan fingerprint density at radius 2 is 1.65 bits per heavy atom. The van der Waals surface area contributed by atoms with E-state index < -0.39 is 0 Å². The molecule has 0 aromatic carbocycles. The summed E-state index contributed by atoms with van der Waals surface area (Å²) in [6.07, 6.45) is 7.22. The summed E-state index contributed by atoms with van der Waals surface area (Å²) in [5.41, 5.74) is 0. The molecule has 2 aliphatic carbocycles. The number of ether oxygens (including phenoxy) is 2. The van der Waals surface area contributed by atoms with Crippen LogP contribution in [0.2, 0.25) is 0 Å². The summed E-state index contributed by atoms with van der Waals surface area (Å²) in [6, 6.07) is 0. The standard InChI is InChI=1S/C16H27O3S/c1-18-13-9-11-5-6-15(20-7-3-4-8-20)16(17)12(11)10-14(13)19-2/h11-15H,3-10H2,1-2H3/q+1. The first-order chi connectivity index (χ1) is 9.74. The number of methoxy groups -OCH3 is 2. The molecule has 2 saturated carbocycles. The van der Waals surface area contributed by atoms with Crippen molar-refractivity contribution in [2.75, 3.05) is 25.7 Å². The van der Waals surface area contributed by atoms with Crippen LogP contribution in [-0.2, 0) is 25.2 Å². The number of hydrogen-bond donors (Lipinski definition) is 0. The summed E-state index contributed by atoms with van der Waals surface area (Å²) in [5.74, 6) is 3.98. The Labute approximate surface area is 125 Å². The van der Waals surface area contributed by atoms with E-state index in [1.54, 1.807) is 14.2 Å². The van der Waals surface area contributed by atoms with Gasteiger partial charge in [0.1, 0.15) is 11.5 Å². The second-order valence-electron chi connectivity index (χ2n) is 6.51. The fraction of sp³-hybridized carbons (Fsp3) is 0.938. The number of carbonyl (C=O) groups is 1. The minimum atomic E-state index is 0.107. The normalized spacial score (nSPS) is 42.7. The summed E-state index contributed by atoms with van der Waals surface area (Å²) in [7, 11) is 3.91. The van der Waals surface area contributed by atoms with Crippen LogP contribution in [0.15, 0.2) is 0 Å². The second-order valence-corrected chi connectivity index (χ2v) is 8.97. The molecule has 0 spiro atoms. The van der Waals surface area contributed by atoms with E-state index in [-0.39, 0.29) is 18.1 Å². The number of Topliss-reactive ketones (excluding diaryl/α,β-unsaturated/α-hetero) is 1. The van der Waals surface area contributed by atoms with Crippen molar-refractivity contribution < 1.29 is 14.3 Å². The topological polar surface area (TPSA) is 35.5 Å². The van der Waals surface area contributed by atoms with Crippen LogP contribution in [0.25, 0.3) is 0 Å². The predicted octanol–water partition coefficient (Wildman–Crippen LogP) is 2.19. The van der Waals surface area contributed by atoms with Gasteiger partial charge in [-0.2, -0.15) is 0 Å². The zero-order chi connectivity index (χ0) is 14.1. The highest BCUT2D eigenvalue weighted by atomic mass is 32.2. The minimum Gasteiger partial charge on any atom is -0.379 e. The maximum Gasteiger partial charge on any atom is 0.188 e. The summed E-state index contributed by atoms with van der Waals surface area (Å²) >= 11 is 0. The van der Waals surface area contributed by atoms with E-state index in [1.165, 1.54) is 30.8 Å². The lowest BCUT2D eigenvalue weighted by molar-refractivity contribution is -0.137. The third-order valence-electron chi connectivity index (χ3n) is 5.56. The predicted molar refractivity (Wildman–Crippen MR) is 82.2 cm³/mol. The Kier molecular flexibility index (Phi) is 4.73. The molecule has 4 heteroatoms. The van der Waals surface area contributed by atoms with E-state index in [0.29, 0.717) is 27.8 Å². The van der Waals surface area contributed by atoms with Crippen molar-refractivity contribution >= 4 is 16.7 Å². The number of carbonyl (C=O) groups excluding carboxylic acids is 1. The lowest BCUT2D eigenvalue weighted by Crippen LogP contribution is -2.50. The average molecular weight is 299 g/mol. The van der Waals surface area contributed by atoms with E-state index in [2.05, 4.69) is 0 Å². The highest BCUT2D eigenvalue weighted by Gasteiger charge is 2.51. The lowest BCUT2D eigenvalue weighted by Gasteiger charge is -2.42. The quantitative estimate of drug-likeness (QED) is 0.749. The number of ketones is 1. The van der Waals surface area contributed by atoms with Crippen LogP contribution in [0.5, 0.6) is 0 Å². The maximum atomic E-state index is 12.9. The van der Waals surface area contributed by atoms with Gasteiger partial charge in [-0.15, -0.1) is 0 Å². The largest absolute Gasteiger partial charge is 0.379 e. The van der Waals surface area contributed by atoms with Crippen LogP contribution in [-0.4, -0.2) is 49.0 Å². The van der Waals surface area contributed by atoms with Gasteiger partial charge >= 0.3 is 0 Å². The van der Waals surface area contributed by atoms with Crippen molar-refractivity contribution in [3.63, 3.8) is 0 Å². The molecule has 0 radical (unpaired) electrons. The third kappa shape index (κ3) is 2.67. The molecular weight excluding hydrogens is 272 g/mol. The molecule has 0 bridgehead atoms. The van der Waals surface area contributed by atoms with Gasteiger partial charge in [-0.1, -0.05) is 0 Å². The van der Waals surface area contributed by atoms with E-state index in [9.17, 15) is 4.79 Å². The third-order valence-corrected chi connectivity index (χ3v) is 8.46. The van der Waals surface area contributed by atoms with E-state index >= 15 is 0 Å². The van der Waals surface area contributed by atoms with Gasteiger partial charge in [-0.3, -0.25) is 4.79 Å². The fourth-order valence-electron chi connectivity index (χ4n) is 4.41. The fourth-order valence-corrected chi connectivity index (χ4v) is 7.31. The molecule has 0 N–H and O–H groups in total. The first kappa shape index (κ1) is 14.9. The van der Waals surface area contributed by atoms with Gasteiger partial charge in [-0.25, -0.2) is 0 Å². The van der Waals surface area contributed by atoms with Crippen LogP contribution in [0.3, 0.4) is 0 Å². The molecule has 1 heterocycles. The molecule has 0 amide bonds. The van der Waals surface area contributed by atoms with Gasteiger partial charge < -0.3 is 9.47 Å². The van der Waals surface area contributed by atoms with Gasteiger partial charge in [0.25, 0.3) is 0 Å². The zero-order valence-corrected chi connectivity index (χ0v) is 13.5. The van der Waals surface area contributed by atoms with Gasteiger partial charge in [0.15, 0.2) is 11.0 Å². The molecule has 3 aliphatic rings.